The monoisotopic (exact) mass is 480 g/mol. The number of carbonyl (C=O) groups excluding carboxylic acids is 1. The lowest BCUT2D eigenvalue weighted by Crippen LogP contribution is -2.27. The Morgan fingerprint density at radius 2 is 1.83 bits per heavy atom. The predicted octanol–water partition coefficient (Wildman–Crippen LogP) is 4.60. The molecular weight excluding hydrogens is 452 g/mol. The third kappa shape index (κ3) is 4.50. The highest BCUT2D eigenvalue weighted by atomic mass is 16.4. The quantitative estimate of drug-likeness (QED) is 0.310. The number of aromatic amines is 1. The van der Waals surface area contributed by atoms with Crippen LogP contribution in [0, 0.1) is 0 Å². The molecule has 8 nitrogen and oxygen atoms in total. The van der Waals surface area contributed by atoms with E-state index in [1.54, 1.807) is 24.3 Å². The Labute approximate surface area is 209 Å². The molecule has 182 valence electrons. The number of hydrogen-bond acceptors (Lipinski definition) is 6. The van der Waals surface area contributed by atoms with E-state index in [4.69, 9.17) is 4.98 Å². The van der Waals surface area contributed by atoms with E-state index in [0.29, 0.717) is 17.8 Å². The Morgan fingerprint density at radius 3 is 2.58 bits per heavy atom. The second-order valence-corrected chi connectivity index (χ2v) is 9.24. The molecule has 2 N–H and O–H groups in total. The maximum atomic E-state index is 13.5. The van der Waals surface area contributed by atoms with Crippen molar-refractivity contribution in [3.8, 4) is 22.5 Å². The second-order valence-electron chi connectivity index (χ2n) is 9.24. The van der Waals surface area contributed by atoms with E-state index in [1.165, 1.54) is 0 Å². The largest absolute Gasteiger partial charge is 0.411 e. The summed E-state index contributed by atoms with van der Waals surface area (Å²) in [5, 5.41) is 12.7. The number of aryl methyl sites for hydroxylation is 1. The number of oxime groups is 1. The lowest BCUT2D eigenvalue weighted by atomic mass is 10.0. The molecule has 0 spiro atoms. The number of aromatic nitrogens is 3. The minimum absolute atomic E-state index is 0.227. The molecule has 8 heteroatoms. The van der Waals surface area contributed by atoms with Crippen LogP contribution in [0.1, 0.15) is 33.7 Å². The topological polar surface area (TPSA) is 97.7 Å². The zero-order chi connectivity index (χ0) is 25.2. The van der Waals surface area contributed by atoms with Crippen LogP contribution in [-0.2, 0) is 13.0 Å². The van der Waals surface area contributed by atoms with Crippen LogP contribution in [0.15, 0.2) is 72.1 Å². The summed E-state index contributed by atoms with van der Waals surface area (Å²) in [7, 11) is 5.79. The van der Waals surface area contributed by atoms with Crippen LogP contribution in [-0.4, -0.2) is 57.8 Å². The smallest absolute Gasteiger partial charge is 0.293 e. The molecule has 2 heterocycles. The summed E-state index contributed by atoms with van der Waals surface area (Å²) in [4.78, 5) is 29.4. The Bertz CT molecular complexity index is 1440. The number of pyridine rings is 1. The van der Waals surface area contributed by atoms with Gasteiger partial charge in [0.1, 0.15) is 0 Å². The van der Waals surface area contributed by atoms with Gasteiger partial charge in [-0.15, -0.1) is 0 Å². The van der Waals surface area contributed by atoms with Gasteiger partial charge in [-0.25, -0.2) is 4.98 Å². The van der Waals surface area contributed by atoms with Crippen LogP contribution in [0.2, 0.25) is 0 Å². The second kappa shape index (κ2) is 9.75. The van der Waals surface area contributed by atoms with Crippen molar-refractivity contribution >= 4 is 17.3 Å². The number of hydrogen-bond donors (Lipinski definition) is 2. The first-order chi connectivity index (χ1) is 17.4. The highest BCUT2D eigenvalue weighted by molar-refractivity contribution is 6.06. The third-order valence-electron chi connectivity index (χ3n) is 6.42. The van der Waals surface area contributed by atoms with E-state index in [9.17, 15) is 10.0 Å². The van der Waals surface area contributed by atoms with Crippen LogP contribution in [0.25, 0.3) is 22.5 Å². The first-order valence-corrected chi connectivity index (χ1v) is 11.8. The van der Waals surface area contributed by atoms with Crippen molar-refractivity contribution < 1.29 is 10.0 Å². The van der Waals surface area contributed by atoms with Crippen LogP contribution in [0.4, 0.5) is 5.69 Å². The molecule has 5 rings (SSSR count). The molecule has 4 aromatic rings. The molecule has 0 unspecified atom stereocenters. The zero-order valence-corrected chi connectivity index (χ0v) is 20.6. The van der Waals surface area contributed by atoms with Crippen molar-refractivity contribution in [1.29, 1.82) is 0 Å². The fourth-order valence-electron chi connectivity index (χ4n) is 4.64. The van der Waals surface area contributed by atoms with Gasteiger partial charge >= 0.3 is 0 Å². The summed E-state index contributed by atoms with van der Waals surface area (Å²) < 4.78 is 0. The van der Waals surface area contributed by atoms with E-state index in [0.717, 1.165) is 52.2 Å². The van der Waals surface area contributed by atoms with Gasteiger partial charge in [-0.3, -0.25) is 9.78 Å². The molecule has 0 aliphatic heterocycles. The lowest BCUT2D eigenvalue weighted by Gasteiger charge is -2.18. The highest BCUT2D eigenvalue weighted by Crippen LogP contribution is 2.34. The molecule has 1 amide bonds. The fourth-order valence-corrected chi connectivity index (χ4v) is 4.64. The molecule has 0 atom stereocenters. The summed E-state index contributed by atoms with van der Waals surface area (Å²) in [6.07, 6.45) is 4.94. The van der Waals surface area contributed by atoms with E-state index in [2.05, 4.69) is 32.2 Å². The Kier molecular flexibility index (Phi) is 6.35. The predicted molar refractivity (Wildman–Crippen MR) is 140 cm³/mol. The molecule has 0 saturated carbocycles. The van der Waals surface area contributed by atoms with Crippen LogP contribution < -0.4 is 4.90 Å². The van der Waals surface area contributed by atoms with Crippen LogP contribution in [0.3, 0.4) is 0 Å². The lowest BCUT2D eigenvalue weighted by molar-refractivity contribution is 0.0984. The summed E-state index contributed by atoms with van der Waals surface area (Å²) in [5.41, 5.74) is 7.91. The van der Waals surface area contributed by atoms with Crippen molar-refractivity contribution in [2.45, 2.75) is 19.4 Å². The average Bonchev–Trinajstić information content (AvgIpc) is 3.52. The van der Waals surface area contributed by atoms with Gasteiger partial charge in [0.05, 0.1) is 17.1 Å². The number of anilines is 1. The standard InChI is InChI=1S/C28H28N6O2/c1-33(2)17-18-5-4-6-22(15-18)34(3)28(35)27-30-25(19-11-13-29-14-12-19)26(31-27)21-7-9-23-20(16-21)8-10-24(23)32-36/h4-7,9,11-16,36H,8,10,17H2,1-3H3,(H,30,31). The molecule has 0 bridgehead atoms. The minimum Gasteiger partial charge on any atom is -0.411 e. The van der Waals surface area contributed by atoms with Gasteiger partial charge in [0.25, 0.3) is 5.91 Å². The summed E-state index contributed by atoms with van der Waals surface area (Å²) in [5.74, 6) is 0.0323. The number of imidazole rings is 1. The van der Waals surface area contributed by atoms with Crippen molar-refractivity contribution in [2.24, 2.45) is 5.16 Å². The number of carbonyl (C=O) groups is 1. The fraction of sp³-hybridized carbons (Fsp3) is 0.214. The number of amides is 1. The van der Waals surface area contributed by atoms with Gasteiger partial charge in [-0.2, -0.15) is 0 Å². The van der Waals surface area contributed by atoms with Gasteiger partial charge in [-0.05, 0) is 68.4 Å². The zero-order valence-electron chi connectivity index (χ0n) is 20.6. The molecule has 2 aromatic heterocycles. The molecule has 2 aromatic carbocycles. The van der Waals surface area contributed by atoms with E-state index in [-0.39, 0.29) is 11.7 Å². The Balaban J connectivity index is 1.54. The third-order valence-corrected chi connectivity index (χ3v) is 6.42. The SMILES string of the molecule is CN(C)Cc1cccc(N(C)C(=O)c2nc(-c3ccc4c(c3)CCC4=NO)c(-c3ccncc3)[nH]2)c1. The number of benzene rings is 2. The Morgan fingerprint density at radius 1 is 1.03 bits per heavy atom. The first kappa shape index (κ1) is 23.4. The maximum Gasteiger partial charge on any atom is 0.293 e. The van der Waals surface area contributed by atoms with Gasteiger partial charge in [-0.1, -0.05) is 29.4 Å². The summed E-state index contributed by atoms with van der Waals surface area (Å²) >= 11 is 0. The van der Waals surface area contributed by atoms with E-state index < -0.39 is 0 Å². The number of rotatable bonds is 6. The van der Waals surface area contributed by atoms with E-state index >= 15 is 0 Å². The minimum atomic E-state index is -0.227. The molecule has 1 aliphatic rings. The molecule has 0 radical (unpaired) electrons. The van der Waals surface area contributed by atoms with Crippen molar-refractivity contribution in [3.63, 3.8) is 0 Å². The van der Waals surface area contributed by atoms with E-state index in [1.807, 2.05) is 56.6 Å². The number of nitrogens with one attached hydrogen (secondary N) is 1. The van der Waals surface area contributed by atoms with Crippen LogP contribution >= 0.6 is 0 Å². The average molecular weight is 481 g/mol. The van der Waals surface area contributed by atoms with Gasteiger partial charge < -0.3 is 20.0 Å². The molecular formula is C28H28N6O2. The van der Waals surface area contributed by atoms with Crippen LogP contribution in [0.5, 0.6) is 0 Å². The molecule has 0 saturated heterocycles. The van der Waals surface area contributed by atoms with Gasteiger partial charge in [0.15, 0.2) is 5.82 Å². The molecule has 0 fully saturated rings. The number of fused-ring (bicyclic) bond motifs is 1. The normalized spacial score (nSPS) is 13.8. The van der Waals surface area contributed by atoms with Crippen molar-refractivity contribution in [1.82, 2.24) is 19.9 Å². The van der Waals surface area contributed by atoms with Crippen molar-refractivity contribution in [2.75, 3.05) is 26.0 Å². The first-order valence-electron chi connectivity index (χ1n) is 11.8. The summed E-state index contributed by atoms with van der Waals surface area (Å²) in [6, 6.07) is 17.7. The number of nitrogens with zero attached hydrogens (tertiary/aromatic N) is 5. The van der Waals surface area contributed by atoms with Crippen molar-refractivity contribution in [3.05, 3.63) is 89.5 Å². The number of H-pyrrole nitrogens is 1. The van der Waals surface area contributed by atoms with Gasteiger partial charge in [0, 0.05) is 48.4 Å². The summed E-state index contributed by atoms with van der Waals surface area (Å²) in [6.45, 7) is 0.786. The maximum absolute atomic E-state index is 13.5. The molecule has 36 heavy (non-hydrogen) atoms. The molecule has 1 aliphatic carbocycles. The highest BCUT2D eigenvalue weighted by Gasteiger charge is 2.24. The van der Waals surface area contributed by atoms with Gasteiger partial charge in [0.2, 0.25) is 0 Å². The Hall–Kier alpha value is -4.30.